The number of nitrogens with zero attached hydrogens (tertiary/aromatic N) is 4. The molecule has 1 amide bonds. The van der Waals surface area contributed by atoms with E-state index in [0.717, 1.165) is 60.2 Å². The molecule has 0 radical (unpaired) electrons. The normalized spacial score (nSPS) is 14.6. The number of aromatic nitrogens is 1. The zero-order valence-corrected chi connectivity index (χ0v) is 21.5. The van der Waals surface area contributed by atoms with Gasteiger partial charge in [-0.3, -0.25) is 9.69 Å². The maximum Gasteiger partial charge on any atom is 0.233 e. The van der Waals surface area contributed by atoms with Crippen LogP contribution in [0.15, 0.2) is 90.3 Å². The van der Waals surface area contributed by atoms with Crippen LogP contribution in [0, 0.1) is 0 Å². The lowest BCUT2D eigenvalue weighted by molar-refractivity contribution is -0.118. The zero-order valence-electron chi connectivity index (χ0n) is 20.7. The number of carbonyl (C=O) groups excluding carboxylic acids is 1. The fourth-order valence-corrected chi connectivity index (χ4v) is 5.31. The quantitative estimate of drug-likeness (QED) is 0.330. The maximum absolute atomic E-state index is 13.4. The summed E-state index contributed by atoms with van der Waals surface area (Å²) < 4.78 is 0. The predicted octanol–water partition coefficient (Wildman–Crippen LogP) is 5.33. The van der Waals surface area contributed by atoms with Crippen molar-refractivity contribution in [3.05, 3.63) is 107 Å². The molecule has 0 N–H and O–H groups in total. The molecular formula is C30H32N4OS. The minimum atomic E-state index is 0.0458. The highest BCUT2D eigenvalue weighted by atomic mass is 32.1. The minimum absolute atomic E-state index is 0.0458. The summed E-state index contributed by atoms with van der Waals surface area (Å²) >= 11 is 1.60. The first-order valence-corrected chi connectivity index (χ1v) is 13.4. The Morgan fingerprint density at radius 1 is 0.861 bits per heavy atom. The van der Waals surface area contributed by atoms with Crippen LogP contribution in [0.25, 0.3) is 10.6 Å². The van der Waals surface area contributed by atoms with Crippen molar-refractivity contribution in [1.29, 1.82) is 0 Å². The molecule has 0 aliphatic carbocycles. The smallest absolute Gasteiger partial charge is 0.233 e. The van der Waals surface area contributed by atoms with E-state index in [1.54, 1.807) is 11.3 Å². The first kappa shape index (κ1) is 24.4. The van der Waals surface area contributed by atoms with Crippen LogP contribution in [0.3, 0.4) is 0 Å². The van der Waals surface area contributed by atoms with Gasteiger partial charge in [0.05, 0.1) is 18.7 Å². The minimum Gasteiger partial charge on any atom is -0.308 e. The van der Waals surface area contributed by atoms with Crippen molar-refractivity contribution in [1.82, 2.24) is 14.8 Å². The lowest BCUT2D eigenvalue weighted by Gasteiger charge is -2.32. The summed E-state index contributed by atoms with van der Waals surface area (Å²) in [6.45, 7) is 6.02. The fourth-order valence-electron chi connectivity index (χ4n) is 4.49. The SMILES string of the molecule is CN1CCN(Cc2ccc(-c3nc(CC(=O)N(Cc4ccccc4)c4ccccc4)cs3)cc2)CC1. The van der Waals surface area contributed by atoms with Gasteiger partial charge in [-0.15, -0.1) is 11.3 Å². The van der Waals surface area contributed by atoms with Gasteiger partial charge < -0.3 is 9.80 Å². The number of likely N-dealkylation sites (N-methyl/N-ethyl adjacent to an activating group) is 1. The van der Waals surface area contributed by atoms with E-state index in [9.17, 15) is 4.79 Å². The zero-order chi connectivity index (χ0) is 24.7. The molecule has 3 aromatic carbocycles. The standard InChI is InChI=1S/C30H32N4OS/c1-32-16-18-33(19-17-32)21-25-12-14-26(15-13-25)30-31-27(23-36-30)20-29(35)34(28-10-6-3-7-11-28)22-24-8-4-2-5-9-24/h2-15,23H,16-22H2,1H3. The second-order valence-corrected chi connectivity index (χ2v) is 10.3. The van der Waals surface area contributed by atoms with Crippen LogP contribution >= 0.6 is 11.3 Å². The molecule has 5 rings (SSSR count). The second kappa shape index (κ2) is 11.6. The van der Waals surface area contributed by atoms with Crippen LogP contribution in [-0.2, 0) is 24.3 Å². The Morgan fingerprint density at radius 3 is 2.22 bits per heavy atom. The van der Waals surface area contributed by atoms with Crippen LogP contribution in [-0.4, -0.2) is 53.9 Å². The number of rotatable bonds is 8. The molecule has 1 aliphatic rings. The Labute approximate surface area is 217 Å². The highest BCUT2D eigenvalue weighted by molar-refractivity contribution is 7.13. The van der Waals surface area contributed by atoms with Gasteiger partial charge in [-0.1, -0.05) is 72.8 Å². The number of hydrogen-bond donors (Lipinski definition) is 0. The average molecular weight is 497 g/mol. The van der Waals surface area contributed by atoms with E-state index in [4.69, 9.17) is 4.98 Å². The van der Waals surface area contributed by atoms with Gasteiger partial charge in [-0.2, -0.15) is 0 Å². The van der Waals surface area contributed by atoms with Crippen molar-refractivity contribution in [3.8, 4) is 10.6 Å². The third kappa shape index (κ3) is 6.26. The van der Waals surface area contributed by atoms with Gasteiger partial charge in [0.2, 0.25) is 5.91 Å². The monoisotopic (exact) mass is 496 g/mol. The van der Waals surface area contributed by atoms with Crippen molar-refractivity contribution in [2.24, 2.45) is 0 Å². The van der Waals surface area contributed by atoms with Crippen molar-refractivity contribution in [2.75, 3.05) is 38.1 Å². The topological polar surface area (TPSA) is 39.7 Å². The molecule has 1 aromatic heterocycles. The van der Waals surface area contributed by atoms with E-state index < -0.39 is 0 Å². The largest absolute Gasteiger partial charge is 0.308 e. The molecule has 0 atom stereocenters. The van der Waals surface area contributed by atoms with Gasteiger partial charge in [0.25, 0.3) is 0 Å². The van der Waals surface area contributed by atoms with Crippen molar-refractivity contribution >= 4 is 22.9 Å². The van der Waals surface area contributed by atoms with Crippen molar-refractivity contribution < 1.29 is 4.79 Å². The number of piperazine rings is 1. The number of carbonyl (C=O) groups is 1. The Balaban J connectivity index is 1.25. The second-order valence-electron chi connectivity index (χ2n) is 9.40. The van der Waals surface area contributed by atoms with E-state index in [1.807, 2.05) is 58.8 Å². The van der Waals surface area contributed by atoms with Gasteiger partial charge in [-0.05, 0) is 30.3 Å². The number of thiazole rings is 1. The molecule has 1 aliphatic heterocycles. The molecule has 184 valence electrons. The van der Waals surface area contributed by atoms with Crippen molar-refractivity contribution in [2.45, 2.75) is 19.5 Å². The fraction of sp³-hybridized carbons (Fsp3) is 0.267. The Bertz CT molecular complexity index is 1250. The molecule has 1 fully saturated rings. The highest BCUT2D eigenvalue weighted by Gasteiger charge is 2.19. The van der Waals surface area contributed by atoms with E-state index >= 15 is 0 Å². The summed E-state index contributed by atoms with van der Waals surface area (Å²) in [5.41, 5.74) is 5.25. The molecule has 0 unspecified atom stereocenters. The molecule has 1 saturated heterocycles. The maximum atomic E-state index is 13.4. The number of benzene rings is 3. The van der Waals surface area contributed by atoms with Gasteiger partial charge in [0.15, 0.2) is 0 Å². The number of para-hydroxylation sites is 1. The molecule has 0 bridgehead atoms. The molecule has 0 spiro atoms. The van der Waals surface area contributed by atoms with Crippen LogP contribution < -0.4 is 4.90 Å². The van der Waals surface area contributed by atoms with Crippen LogP contribution in [0.2, 0.25) is 0 Å². The molecule has 36 heavy (non-hydrogen) atoms. The molecule has 4 aromatic rings. The van der Waals surface area contributed by atoms with E-state index in [2.05, 4.69) is 53.2 Å². The van der Waals surface area contributed by atoms with Gasteiger partial charge in [-0.25, -0.2) is 4.98 Å². The number of hydrogen-bond acceptors (Lipinski definition) is 5. The number of anilines is 1. The third-order valence-electron chi connectivity index (χ3n) is 6.64. The summed E-state index contributed by atoms with van der Waals surface area (Å²) in [4.78, 5) is 25.0. The van der Waals surface area contributed by atoms with E-state index in [1.165, 1.54) is 5.56 Å². The highest BCUT2D eigenvalue weighted by Crippen LogP contribution is 2.26. The summed E-state index contributed by atoms with van der Waals surface area (Å²) in [5.74, 6) is 0.0458. The van der Waals surface area contributed by atoms with Gasteiger partial charge in [0.1, 0.15) is 5.01 Å². The van der Waals surface area contributed by atoms with Crippen molar-refractivity contribution in [3.63, 3.8) is 0 Å². The average Bonchev–Trinajstić information content (AvgIpc) is 3.38. The van der Waals surface area contributed by atoms with Crippen LogP contribution in [0.5, 0.6) is 0 Å². The van der Waals surface area contributed by atoms with Crippen LogP contribution in [0.1, 0.15) is 16.8 Å². The summed E-state index contributed by atoms with van der Waals surface area (Å²) in [6, 6.07) is 28.7. The van der Waals surface area contributed by atoms with Gasteiger partial charge in [0, 0.05) is 49.4 Å². The first-order valence-electron chi connectivity index (χ1n) is 12.5. The molecule has 6 heteroatoms. The molecule has 5 nitrogen and oxygen atoms in total. The number of amides is 1. The third-order valence-corrected chi connectivity index (χ3v) is 7.58. The molecule has 0 saturated carbocycles. The summed E-state index contributed by atoms with van der Waals surface area (Å²) in [6.07, 6.45) is 0.277. The lowest BCUT2D eigenvalue weighted by Crippen LogP contribution is -2.43. The Kier molecular flexibility index (Phi) is 7.86. The van der Waals surface area contributed by atoms with E-state index in [0.29, 0.717) is 6.54 Å². The van der Waals surface area contributed by atoms with E-state index in [-0.39, 0.29) is 12.3 Å². The van der Waals surface area contributed by atoms with Crippen LogP contribution in [0.4, 0.5) is 5.69 Å². The summed E-state index contributed by atoms with van der Waals surface area (Å²) in [7, 11) is 2.18. The first-order chi connectivity index (χ1) is 17.6. The molecule has 2 heterocycles. The Morgan fingerprint density at radius 2 is 1.53 bits per heavy atom. The Hall–Kier alpha value is -3.32. The van der Waals surface area contributed by atoms with Gasteiger partial charge >= 0.3 is 0 Å². The lowest BCUT2D eigenvalue weighted by atomic mass is 10.1. The predicted molar refractivity (Wildman–Crippen MR) is 148 cm³/mol. The summed E-state index contributed by atoms with van der Waals surface area (Å²) in [5, 5.41) is 2.97. The molecular weight excluding hydrogens is 464 g/mol.